The number of methoxy groups -OCH3 is 1. The minimum Gasteiger partial charge on any atom is -0.469 e. The number of aromatic amines is 1. The number of hydrogen-bond donors (Lipinski definition) is 1. The first kappa shape index (κ1) is 25.0. The van der Waals surface area contributed by atoms with Gasteiger partial charge in [-0.15, -0.1) is 0 Å². The molecule has 1 aliphatic heterocycles. The standard InChI is InChI=1S/C21H18ClF6N5O2/c1-9(16(34)35-2)7-14-15-11(12-8-10(22)3-4-13(12)29-15)5-6-33(14)19-31-17(20(23,24)25)30-18(32-19)21(26,27)28/h3-4,8-9,14,29H,5-7H2,1-2H3. The number of H-pyrrole nitrogens is 1. The first-order chi connectivity index (χ1) is 16.3. The minimum absolute atomic E-state index is 0.00854. The number of carbonyl (C=O) groups is 1. The molecule has 35 heavy (non-hydrogen) atoms. The van der Waals surface area contributed by atoms with E-state index in [4.69, 9.17) is 16.3 Å². The summed E-state index contributed by atoms with van der Waals surface area (Å²) in [5.74, 6) is -6.02. The lowest BCUT2D eigenvalue weighted by molar-refractivity contribution is -0.155. The lowest BCUT2D eigenvalue weighted by Gasteiger charge is -2.37. The van der Waals surface area contributed by atoms with Crippen LogP contribution in [0, 0.1) is 5.92 Å². The number of carbonyl (C=O) groups excluding carboxylic acids is 1. The van der Waals surface area contributed by atoms with Crippen LogP contribution in [0.4, 0.5) is 32.3 Å². The highest BCUT2D eigenvalue weighted by molar-refractivity contribution is 6.31. The molecule has 0 spiro atoms. The van der Waals surface area contributed by atoms with E-state index in [9.17, 15) is 31.1 Å². The number of nitrogens with zero attached hydrogens (tertiary/aromatic N) is 4. The average Bonchev–Trinajstić information content (AvgIpc) is 3.15. The molecule has 0 bridgehead atoms. The van der Waals surface area contributed by atoms with E-state index in [-0.39, 0.29) is 19.4 Å². The van der Waals surface area contributed by atoms with Crippen molar-refractivity contribution in [3.05, 3.63) is 46.1 Å². The number of halogens is 7. The fourth-order valence-electron chi connectivity index (χ4n) is 4.20. The van der Waals surface area contributed by atoms with Gasteiger partial charge in [-0.05, 0) is 36.6 Å². The zero-order valence-electron chi connectivity index (χ0n) is 18.3. The van der Waals surface area contributed by atoms with Crippen LogP contribution in [0.15, 0.2) is 18.2 Å². The number of alkyl halides is 6. The van der Waals surface area contributed by atoms with Crippen LogP contribution in [0.2, 0.25) is 5.02 Å². The Kier molecular flexibility index (Phi) is 6.32. The summed E-state index contributed by atoms with van der Waals surface area (Å²) in [7, 11) is 1.19. The summed E-state index contributed by atoms with van der Waals surface area (Å²) in [6.45, 7) is 1.54. The Labute approximate surface area is 199 Å². The van der Waals surface area contributed by atoms with Crippen LogP contribution in [0.5, 0.6) is 0 Å². The Hall–Kier alpha value is -3.09. The van der Waals surface area contributed by atoms with Gasteiger partial charge >= 0.3 is 18.3 Å². The molecule has 0 fully saturated rings. The van der Waals surface area contributed by atoms with Gasteiger partial charge in [0, 0.05) is 28.2 Å². The Morgan fingerprint density at radius 2 is 1.80 bits per heavy atom. The number of benzene rings is 1. The third kappa shape index (κ3) is 4.86. The minimum atomic E-state index is -5.23. The average molecular weight is 522 g/mol. The van der Waals surface area contributed by atoms with Gasteiger partial charge in [-0.1, -0.05) is 18.5 Å². The molecule has 2 aromatic heterocycles. The van der Waals surface area contributed by atoms with E-state index < -0.39 is 47.9 Å². The largest absolute Gasteiger partial charge is 0.469 e. The number of ether oxygens (including phenoxy) is 1. The van der Waals surface area contributed by atoms with Crippen molar-refractivity contribution in [1.82, 2.24) is 19.9 Å². The van der Waals surface area contributed by atoms with Crippen LogP contribution in [0.1, 0.15) is 42.3 Å². The summed E-state index contributed by atoms with van der Waals surface area (Å²) in [6.07, 6.45) is -10.2. The third-order valence-electron chi connectivity index (χ3n) is 5.78. The monoisotopic (exact) mass is 521 g/mol. The lowest BCUT2D eigenvalue weighted by atomic mass is 9.91. The fraction of sp³-hybridized carbons (Fsp3) is 0.429. The Balaban J connectivity index is 1.88. The van der Waals surface area contributed by atoms with Gasteiger partial charge in [0.25, 0.3) is 0 Å². The van der Waals surface area contributed by atoms with Crippen LogP contribution in [0.25, 0.3) is 10.9 Å². The smallest absolute Gasteiger partial charge is 0.451 e. The van der Waals surface area contributed by atoms with Gasteiger partial charge in [-0.25, -0.2) is 4.98 Å². The highest BCUT2D eigenvalue weighted by Gasteiger charge is 2.43. The molecular weight excluding hydrogens is 504 g/mol. The molecule has 2 atom stereocenters. The van der Waals surface area contributed by atoms with E-state index in [1.165, 1.54) is 12.0 Å². The van der Waals surface area contributed by atoms with E-state index >= 15 is 0 Å². The van der Waals surface area contributed by atoms with Gasteiger partial charge in [-0.3, -0.25) is 4.79 Å². The summed E-state index contributed by atoms with van der Waals surface area (Å²) >= 11 is 6.12. The van der Waals surface area contributed by atoms with Crippen LogP contribution in [0.3, 0.4) is 0 Å². The summed E-state index contributed by atoms with van der Waals surface area (Å²) in [4.78, 5) is 25.8. The number of esters is 1. The highest BCUT2D eigenvalue weighted by Crippen LogP contribution is 2.41. The summed E-state index contributed by atoms with van der Waals surface area (Å²) in [5, 5.41) is 1.23. The predicted molar refractivity (Wildman–Crippen MR) is 113 cm³/mol. The molecule has 1 aliphatic rings. The molecule has 0 saturated heterocycles. The maximum atomic E-state index is 13.4. The number of anilines is 1. The molecule has 3 aromatic rings. The lowest BCUT2D eigenvalue weighted by Crippen LogP contribution is -2.39. The van der Waals surface area contributed by atoms with Crippen molar-refractivity contribution in [2.24, 2.45) is 5.92 Å². The van der Waals surface area contributed by atoms with Crippen LogP contribution >= 0.6 is 11.6 Å². The molecule has 2 unspecified atom stereocenters. The zero-order valence-corrected chi connectivity index (χ0v) is 19.0. The maximum absolute atomic E-state index is 13.4. The van der Waals surface area contributed by atoms with Gasteiger partial charge in [0.15, 0.2) is 0 Å². The van der Waals surface area contributed by atoms with Gasteiger partial charge in [-0.2, -0.15) is 36.3 Å². The SMILES string of the molecule is COC(=O)C(C)CC1c2[nH]c3ccc(Cl)cc3c2CCN1c1nc(C(F)(F)F)nc(C(F)(F)F)n1. The van der Waals surface area contributed by atoms with E-state index in [1.54, 1.807) is 25.1 Å². The topological polar surface area (TPSA) is 84.0 Å². The van der Waals surface area contributed by atoms with E-state index in [0.717, 1.165) is 10.9 Å². The molecule has 0 aliphatic carbocycles. The molecule has 3 heterocycles. The number of hydrogen-bond acceptors (Lipinski definition) is 6. The van der Waals surface area contributed by atoms with Crippen molar-refractivity contribution >= 4 is 34.4 Å². The molecule has 1 N–H and O–H groups in total. The molecule has 4 rings (SSSR count). The molecular formula is C21H18ClF6N5O2. The van der Waals surface area contributed by atoms with Crippen molar-refractivity contribution in [2.75, 3.05) is 18.6 Å². The molecule has 0 saturated carbocycles. The van der Waals surface area contributed by atoms with Gasteiger partial charge in [0.1, 0.15) is 0 Å². The van der Waals surface area contributed by atoms with Gasteiger partial charge in [0.05, 0.1) is 19.1 Å². The van der Waals surface area contributed by atoms with E-state index in [0.29, 0.717) is 16.2 Å². The Morgan fingerprint density at radius 1 is 1.17 bits per heavy atom. The zero-order chi connectivity index (χ0) is 25.7. The second-order valence-electron chi connectivity index (χ2n) is 8.10. The Morgan fingerprint density at radius 3 is 2.37 bits per heavy atom. The van der Waals surface area contributed by atoms with E-state index in [1.807, 2.05) is 0 Å². The van der Waals surface area contributed by atoms with Crippen molar-refractivity contribution in [1.29, 1.82) is 0 Å². The quantitative estimate of drug-likeness (QED) is 0.368. The predicted octanol–water partition coefficient (Wildman–Crippen LogP) is 5.35. The number of fused-ring (bicyclic) bond motifs is 3. The van der Waals surface area contributed by atoms with E-state index in [2.05, 4.69) is 19.9 Å². The number of rotatable bonds is 4. The molecule has 7 nitrogen and oxygen atoms in total. The van der Waals surface area contributed by atoms with Crippen molar-refractivity contribution in [2.45, 2.75) is 38.2 Å². The summed E-state index contributed by atoms with van der Waals surface area (Å²) in [5.41, 5.74) is 1.99. The molecule has 1 aromatic carbocycles. The van der Waals surface area contributed by atoms with Crippen molar-refractivity contribution in [3.8, 4) is 0 Å². The van der Waals surface area contributed by atoms with Gasteiger partial charge < -0.3 is 14.6 Å². The highest BCUT2D eigenvalue weighted by atomic mass is 35.5. The van der Waals surface area contributed by atoms with Crippen molar-refractivity contribution in [3.63, 3.8) is 0 Å². The fourth-order valence-corrected chi connectivity index (χ4v) is 4.37. The molecule has 0 radical (unpaired) electrons. The molecule has 0 amide bonds. The van der Waals surface area contributed by atoms with Crippen LogP contribution in [-0.2, 0) is 28.3 Å². The number of nitrogens with one attached hydrogen (secondary N) is 1. The Bertz CT molecular complexity index is 1240. The van der Waals surface area contributed by atoms with Gasteiger partial charge in [0.2, 0.25) is 17.6 Å². The summed E-state index contributed by atoms with van der Waals surface area (Å²) in [6, 6.07) is 4.22. The third-order valence-corrected chi connectivity index (χ3v) is 6.02. The maximum Gasteiger partial charge on any atom is 0.451 e. The summed E-state index contributed by atoms with van der Waals surface area (Å²) < 4.78 is 84.9. The van der Waals surface area contributed by atoms with Crippen molar-refractivity contribution < 1.29 is 35.9 Å². The second-order valence-corrected chi connectivity index (χ2v) is 8.54. The first-order valence-electron chi connectivity index (χ1n) is 10.3. The number of aromatic nitrogens is 4. The molecule has 14 heteroatoms. The van der Waals surface area contributed by atoms with Crippen LogP contribution in [-0.4, -0.2) is 39.6 Å². The normalized spacial score (nSPS) is 17.4. The van der Waals surface area contributed by atoms with Crippen LogP contribution < -0.4 is 4.90 Å². The second kappa shape index (κ2) is 8.85. The first-order valence-corrected chi connectivity index (χ1v) is 10.7. The molecule has 188 valence electrons.